The summed E-state index contributed by atoms with van der Waals surface area (Å²) in [6.45, 7) is 5.74. The van der Waals surface area contributed by atoms with Crippen LogP contribution in [0.25, 0.3) is 0 Å². The van der Waals surface area contributed by atoms with Gasteiger partial charge in [0.15, 0.2) is 11.5 Å². The molecule has 0 heterocycles. The molecule has 3 nitrogen and oxygen atoms in total. The lowest BCUT2D eigenvalue weighted by atomic mass is 9.87. The minimum Gasteiger partial charge on any atom is -0.490 e. The fourth-order valence-corrected chi connectivity index (χ4v) is 2.76. The quantitative estimate of drug-likeness (QED) is 0.821. The minimum atomic E-state index is 0.447. The topological polar surface area (TPSA) is 30.5 Å². The summed E-state index contributed by atoms with van der Waals surface area (Å²) in [6, 6.07) is 4.83. The van der Waals surface area contributed by atoms with Crippen LogP contribution in [-0.2, 0) is 6.42 Å². The van der Waals surface area contributed by atoms with Crippen molar-refractivity contribution < 1.29 is 9.47 Å². The lowest BCUT2D eigenvalue weighted by Gasteiger charge is -2.27. The molecular weight excluding hydrogens is 250 g/mol. The Bertz CT molecular complexity index is 431. The molecule has 0 aliphatic heterocycles. The number of aryl methyl sites for hydroxylation is 1. The van der Waals surface area contributed by atoms with Gasteiger partial charge in [-0.1, -0.05) is 13.8 Å². The zero-order chi connectivity index (χ0) is 14.4. The van der Waals surface area contributed by atoms with Gasteiger partial charge in [-0.25, -0.2) is 0 Å². The highest BCUT2D eigenvalue weighted by Gasteiger charge is 2.22. The van der Waals surface area contributed by atoms with Gasteiger partial charge in [-0.2, -0.15) is 0 Å². The molecular formula is C17H27NO2. The molecule has 0 spiro atoms. The van der Waals surface area contributed by atoms with Crippen LogP contribution in [-0.4, -0.2) is 20.3 Å². The predicted octanol–water partition coefficient (Wildman–Crippen LogP) is 3.86. The largest absolute Gasteiger partial charge is 0.490 e. The smallest absolute Gasteiger partial charge is 0.161 e. The summed E-state index contributed by atoms with van der Waals surface area (Å²) in [7, 11) is 2.04. The Balaban J connectivity index is 2.30. The van der Waals surface area contributed by atoms with Gasteiger partial charge < -0.3 is 14.8 Å². The Morgan fingerprint density at radius 3 is 2.35 bits per heavy atom. The van der Waals surface area contributed by atoms with E-state index < -0.39 is 0 Å². The van der Waals surface area contributed by atoms with Gasteiger partial charge in [0.25, 0.3) is 0 Å². The van der Waals surface area contributed by atoms with Crippen molar-refractivity contribution in [2.45, 2.75) is 52.0 Å². The van der Waals surface area contributed by atoms with Crippen molar-refractivity contribution in [2.24, 2.45) is 0 Å². The lowest BCUT2D eigenvalue weighted by molar-refractivity contribution is 0.267. The summed E-state index contributed by atoms with van der Waals surface area (Å²) in [5.41, 5.74) is 2.79. The summed E-state index contributed by atoms with van der Waals surface area (Å²) in [6.07, 6.45) is 5.61. The number of benzene rings is 1. The van der Waals surface area contributed by atoms with E-state index in [0.717, 1.165) is 44.0 Å². The van der Waals surface area contributed by atoms with Crippen LogP contribution in [0.1, 0.15) is 56.7 Å². The Labute approximate surface area is 122 Å². The monoisotopic (exact) mass is 277 g/mol. The third-order valence-corrected chi connectivity index (χ3v) is 3.79. The van der Waals surface area contributed by atoms with Gasteiger partial charge in [0.05, 0.1) is 13.2 Å². The standard InChI is InChI=1S/C17H27NO2/c1-4-9-19-16-11-13-7-6-8-15(18-3)14(13)12-17(16)20-10-5-2/h11-12,15,18H,4-10H2,1-3H3. The molecule has 1 aliphatic rings. The van der Waals surface area contributed by atoms with E-state index in [9.17, 15) is 0 Å². The molecule has 0 radical (unpaired) electrons. The van der Waals surface area contributed by atoms with Crippen LogP contribution in [0.2, 0.25) is 0 Å². The SMILES string of the molecule is CCCOc1cc2c(cc1OCCC)C(NC)CCC2. The number of fused-ring (bicyclic) bond motifs is 1. The molecule has 2 rings (SSSR count). The second-order valence-electron chi connectivity index (χ2n) is 5.43. The van der Waals surface area contributed by atoms with Crippen LogP contribution in [0.15, 0.2) is 12.1 Å². The highest BCUT2D eigenvalue weighted by atomic mass is 16.5. The minimum absolute atomic E-state index is 0.447. The number of rotatable bonds is 7. The number of hydrogen-bond acceptors (Lipinski definition) is 3. The molecule has 0 bridgehead atoms. The van der Waals surface area contributed by atoms with E-state index in [1.807, 2.05) is 7.05 Å². The first kappa shape index (κ1) is 15.2. The third-order valence-electron chi connectivity index (χ3n) is 3.79. The van der Waals surface area contributed by atoms with Crippen molar-refractivity contribution in [3.63, 3.8) is 0 Å². The van der Waals surface area contributed by atoms with Gasteiger partial charge in [0, 0.05) is 6.04 Å². The fraction of sp³-hybridized carbons (Fsp3) is 0.647. The molecule has 0 fully saturated rings. The van der Waals surface area contributed by atoms with E-state index >= 15 is 0 Å². The molecule has 3 heteroatoms. The maximum absolute atomic E-state index is 5.89. The number of hydrogen-bond donors (Lipinski definition) is 1. The van der Waals surface area contributed by atoms with Gasteiger partial charge in [-0.15, -0.1) is 0 Å². The third kappa shape index (κ3) is 3.45. The highest BCUT2D eigenvalue weighted by Crippen LogP contribution is 2.38. The number of ether oxygens (including phenoxy) is 2. The molecule has 0 saturated carbocycles. The average Bonchev–Trinajstić information content (AvgIpc) is 2.49. The van der Waals surface area contributed by atoms with Crippen LogP contribution < -0.4 is 14.8 Å². The zero-order valence-electron chi connectivity index (χ0n) is 13.0. The number of nitrogens with one attached hydrogen (secondary N) is 1. The Morgan fingerprint density at radius 1 is 1.10 bits per heavy atom. The van der Waals surface area contributed by atoms with Crippen molar-refractivity contribution in [1.29, 1.82) is 0 Å². The fourth-order valence-electron chi connectivity index (χ4n) is 2.76. The van der Waals surface area contributed by atoms with Crippen molar-refractivity contribution in [1.82, 2.24) is 5.32 Å². The van der Waals surface area contributed by atoms with Gasteiger partial charge in [0.2, 0.25) is 0 Å². The second-order valence-corrected chi connectivity index (χ2v) is 5.43. The molecule has 0 amide bonds. The van der Waals surface area contributed by atoms with E-state index in [0.29, 0.717) is 6.04 Å². The zero-order valence-corrected chi connectivity index (χ0v) is 13.0. The second kappa shape index (κ2) is 7.53. The maximum Gasteiger partial charge on any atom is 0.161 e. The molecule has 1 aromatic rings. The van der Waals surface area contributed by atoms with Crippen molar-refractivity contribution in [2.75, 3.05) is 20.3 Å². The molecule has 0 saturated heterocycles. The summed E-state index contributed by atoms with van der Waals surface area (Å²) < 4.78 is 11.8. The van der Waals surface area contributed by atoms with E-state index in [1.165, 1.54) is 24.0 Å². The van der Waals surface area contributed by atoms with E-state index in [-0.39, 0.29) is 0 Å². The molecule has 112 valence electrons. The Kier molecular flexibility index (Phi) is 5.72. The van der Waals surface area contributed by atoms with Crippen molar-refractivity contribution >= 4 is 0 Å². The first-order valence-corrected chi connectivity index (χ1v) is 7.89. The van der Waals surface area contributed by atoms with E-state index in [2.05, 4.69) is 31.3 Å². The summed E-state index contributed by atoms with van der Waals surface area (Å²) in [4.78, 5) is 0. The van der Waals surface area contributed by atoms with Gasteiger partial charge in [-0.3, -0.25) is 0 Å². The van der Waals surface area contributed by atoms with Crippen molar-refractivity contribution in [3.8, 4) is 11.5 Å². The van der Waals surface area contributed by atoms with Crippen LogP contribution in [0, 0.1) is 0 Å². The Hall–Kier alpha value is -1.22. The Morgan fingerprint density at radius 2 is 1.75 bits per heavy atom. The van der Waals surface area contributed by atoms with Crippen LogP contribution in [0.4, 0.5) is 0 Å². The summed E-state index contributed by atoms with van der Waals surface area (Å²) in [5, 5.41) is 3.41. The lowest BCUT2D eigenvalue weighted by Crippen LogP contribution is -2.21. The van der Waals surface area contributed by atoms with E-state index in [4.69, 9.17) is 9.47 Å². The summed E-state index contributed by atoms with van der Waals surface area (Å²) in [5.74, 6) is 1.82. The average molecular weight is 277 g/mol. The molecule has 1 unspecified atom stereocenters. The van der Waals surface area contributed by atoms with Gasteiger partial charge >= 0.3 is 0 Å². The summed E-state index contributed by atoms with van der Waals surface area (Å²) >= 11 is 0. The van der Waals surface area contributed by atoms with Gasteiger partial charge in [-0.05, 0) is 62.4 Å². The molecule has 1 N–H and O–H groups in total. The first-order valence-electron chi connectivity index (χ1n) is 7.89. The van der Waals surface area contributed by atoms with Crippen LogP contribution in [0.3, 0.4) is 0 Å². The van der Waals surface area contributed by atoms with Crippen LogP contribution in [0.5, 0.6) is 11.5 Å². The van der Waals surface area contributed by atoms with E-state index in [1.54, 1.807) is 0 Å². The molecule has 20 heavy (non-hydrogen) atoms. The molecule has 1 atom stereocenters. The molecule has 0 aromatic heterocycles. The highest BCUT2D eigenvalue weighted by molar-refractivity contribution is 5.49. The maximum atomic E-state index is 5.89. The molecule has 1 aliphatic carbocycles. The normalized spacial score (nSPS) is 17.6. The predicted molar refractivity (Wildman–Crippen MR) is 82.8 cm³/mol. The van der Waals surface area contributed by atoms with Gasteiger partial charge in [0.1, 0.15) is 0 Å². The molecule has 1 aromatic carbocycles. The first-order chi connectivity index (χ1) is 9.80. The van der Waals surface area contributed by atoms with Crippen LogP contribution >= 0.6 is 0 Å². The van der Waals surface area contributed by atoms with Crippen molar-refractivity contribution in [3.05, 3.63) is 23.3 Å².